The summed E-state index contributed by atoms with van der Waals surface area (Å²) in [5, 5.41) is 17.0. The lowest BCUT2D eigenvalue weighted by molar-refractivity contribution is -0.143. The quantitative estimate of drug-likeness (QED) is 0.865. The molecule has 1 saturated heterocycles. The van der Waals surface area contributed by atoms with E-state index in [9.17, 15) is 9.59 Å². The molecule has 1 aliphatic rings. The monoisotopic (exact) mass is 392 g/mol. The number of rotatable bonds is 3. The number of carboxylic acid groups (broad SMARTS) is 1. The minimum atomic E-state index is -0.793. The fourth-order valence-electron chi connectivity index (χ4n) is 2.75. The lowest BCUT2D eigenvalue weighted by atomic mass is 9.97. The van der Waals surface area contributed by atoms with E-state index in [1.807, 2.05) is 25.1 Å². The third kappa shape index (κ3) is 3.33. The van der Waals surface area contributed by atoms with Crippen molar-refractivity contribution in [2.75, 3.05) is 13.1 Å². The first-order chi connectivity index (χ1) is 11.5. The van der Waals surface area contributed by atoms with Crippen molar-refractivity contribution in [2.45, 2.75) is 19.8 Å². The van der Waals surface area contributed by atoms with Crippen molar-refractivity contribution in [3.8, 4) is 5.69 Å². The third-order valence-electron chi connectivity index (χ3n) is 4.25. The average Bonchev–Trinajstić information content (AvgIpc) is 3.07. The molecule has 126 valence electrons. The Morgan fingerprint density at radius 2 is 2.00 bits per heavy atom. The van der Waals surface area contributed by atoms with Gasteiger partial charge in [0.25, 0.3) is 5.91 Å². The summed E-state index contributed by atoms with van der Waals surface area (Å²) in [4.78, 5) is 25.1. The Hall–Kier alpha value is -2.22. The molecule has 0 bridgehead atoms. The summed E-state index contributed by atoms with van der Waals surface area (Å²) in [5.74, 6) is -1.37. The number of benzene rings is 1. The smallest absolute Gasteiger partial charge is 0.306 e. The van der Waals surface area contributed by atoms with Crippen LogP contribution in [0.4, 0.5) is 0 Å². The molecule has 1 fully saturated rings. The molecular weight excluding hydrogens is 376 g/mol. The Balaban J connectivity index is 1.72. The van der Waals surface area contributed by atoms with Gasteiger partial charge in [0, 0.05) is 17.6 Å². The van der Waals surface area contributed by atoms with Gasteiger partial charge < -0.3 is 10.0 Å². The van der Waals surface area contributed by atoms with Gasteiger partial charge >= 0.3 is 5.97 Å². The van der Waals surface area contributed by atoms with E-state index in [1.165, 1.54) is 0 Å². The predicted molar refractivity (Wildman–Crippen MR) is 90.1 cm³/mol. The Morgan fingerprint density at radius 1 is 1.29 bits per heavy atom. The zero-order valence-corrected chi connectivity index (χ0v) is 14.7. The number of carboxylic acids is 1. The minimum Gasteiger partial charge on any atom is -0.481 e. The molecule has 0 atom stereocenters. The third-order valence-corrected chi connectivity index (χ3v) is 5.14. The van der Waals surface area contributed by atoms with Gasteiger partial charge in [-0.15, -0.1) is 5.10 Å². The van der Waals surface area contributed by atoms with Crippen molar-refractivity contribution in [3.05, 3.63) is 40.1 Å². The molecule has 0 saturated carbocycles. The SMILES string of the molecule is Cc1cc(-n2cc(C(=O)N3CCC(C(=O)O)CC3)nn2)ccc1Br. The Bertz CT molecular complexity index is 781. The van der Waals surface area contributed by atoms with E-state index < -0.39 is 5.97 Å². The van der Waals surface area contributed by atoms with Crippen LogP contribution < -0.4 is 0 Å². The lowest BCUT2D eigenvalue weighted by Crippen LogP contribution is -2.40. The average molecular weight is 393 g/mol. The molecule has 3 rings (SSSR count). The molecular formula is C16H17BrN4O3. The number of aryl methyl sites for hydroxylation is 1. The molecule has 1 aliphatic heterocycles. The van der Waals surface area contributed by atoms with Crippen LogP contribution in [0.1, 0.15) is 28.9 Å². The van der Waals surface area contributed by atoms with Gasteiger partial charge in [-0.25, -0.2) is 4.68 Å². The zero-order valence-electron chi connectivity index (χ0n) is 13.1. The predicted octanol–water partition coefficient (Wildman–Crippen LogP) is 2.28. The highest BCUT2D eigenvalue weighted by atomic mass is 79.9. The second kappa shape index (κ2) is 6.72. The number of hydrogen-bond acceptors (Lipinski definition) is 4. The van der Waals surface area contributed by atoms with E-state index in [2.05, 4.69) is 26.2 Å². The number of carbonyl (C=O) groups excluding carboxylic acids is 1. The van der Waals surface area contributed by atoms with Crippen molar-refractivity contribution in [3.63, 3.8) is 0 Å². The van der Waals surface area contributed by atoms with E-state index in [1.54, 1.807) is 15.8 Å². The number of halogens is 1. The maximum Gasteiger partial charge on any atom is 0.306 e. The van der Waals surface area contributed by atoms with Crippen LogP contribution in [0.15, 0.2) is 28.9 Å². The van der Waals surface area contributed by atoms with Gasteiger partial charge in [-0.3, -0.25) is 9.59 Å². The molecule has 7 nitrogen and oxygen atoms in total. The summed E-state index contributed by atoms with van der Waals surface area (Å²) in [5.41, 5.74) is 2.16. The van der Waals surface area contributed by atoms with Crippen LogP contribution >= 0.6 is 15.9 Å². The second-order valence-electron chi connectivity index (χ2n) is 5.89. The van der Waals surface area contributed by atoms with Crippen LogP contribution in [0.3, 0.4) is 0 Å². The van der Waals surface area contributed by atoms with E-state index in [0.717, 1.165) is 15.7 Å². The fourth-order valence-corrected chi connectivity index (χ4v) is 3.00. The summed E-state index contributed by atoms with van der Waals surface area (Å²) >= 11 is 3.45. The minimum absolute atomic E-state index is 0.209. The molecule has 1 aromatic carbocycles. The molecule has 1 amide bonds. The van der Waals surface area contributed by atoms with Gasteiger partial charge in [0.15, 0.2) is 5.69 Å². The van der Waals surface area contributed by atoms with E-state index in [0.29, 0.717) is 25.9 Å². The van der Waals surface area contributed by atoms with Gasteiger partial charge in [-0.2, -0.15) is 0 Å². The number of aromatic nitrogens is 3. The lowest BCUT2D eigenvalue weighted by Gasteiger charge is -2.29. The van der Waals surface area contributed by atoms with Crippen molar-refractivity contribution in [1.82, 2.24) is 19.9 Å². The summed E-state index contributed by atoms with van der Waals surface area (Å²) in [6.07, 6.45) is 2.55. The molecule has 1 aromatic heterocycles. The first-order valence-electron chi connectivity index (χ1n) is 7.66. The van der Waals surface area contributed by atoms with Crippen LogP contribution in [0.2, 0.25) is 0 Å². The molecule has 2 aromatic rings. The number of amides is 1. The molecule has 0 radical (unpaired) electrons. The summed E-state index contributed by atoms with van der Waals surface area (Å²) in [7, 11) is 0. The first kappa shape index (κ1) is 16.6. The van der Waals surface area contributed by atoms with Crippen LogP contribution in [-0.4, -0.2) is 50.0 Å². The number of aliphatic carboxylic acids is 1. The first-order valence-corrected chi connectivity index (χ1v) is 8.46. The largest absolute Gasteiger partial charge is 0.481 e. The van der Waals surface area contributed by atoms with Crippen LogP contribution in [-0.2, 0) is 4.79 Å². The highest BCUT2D eigenvalue weighted by Crippen LogP contribution is 2.21. The molecule has 0 spiro atoms. The van der Waals surface area contributed by atoms with E-state index in [-0.39, 0.29) is 17.5 Å². The fraction of sp³-hybridized carbons (Fsp3) is 0.375. The normalized spacial score (nSPS) is 15.5. The Labute approximate surface area is 147 Å². The van der Waals surface area contributed by atoms with Gasteiger partial charge in [0.05, 0.1) is 17.8 Å². The van der Waals surface area contributed by atoms with Crippen molar-refractivity contribution < 1.29 is 14.7 Å². The van der Waals surface area contributed by atoms with Gasteiger partial charge in [0.1, 0.15) is 0 Å². The van der Waals surface area contributed by atoms with Crippen LogP contribution in [0, 0.1) is 12.8 Å². The Kier molecular flexibility index (Phi) is 4.66. The van der Waals surface area contributed by atoms with Crippen molar-refractivity contribution in [2.24, 2.45) is 5.92 Å². The van der Waals surface area contributed by atoms with Gasteiger partial charge in [0.2, 0.25) is 0 Å². The van der Waals surface area contributed by atoms with Crippen LogP contribution in [0.25, 0.3) is 5.69 Å². The topological polar surface area (TPSA) is 88.3 Å². The summed E-state index contributed by atoms with van der Waals surface area (Å²) in [6, 6.07) is 5.76. The van der Waals surface area contributed by atoms with Crippen LogP contribution in [0.5, 0.6) is 0 Å². The van der Waals surface area contributed by atoms with Gasteiger partial charge in [-0.1, -0.05) is 21.1 Å². The maximum atomic E-state index is 12.5. The van der Waals surface area contributed by atoms with E-state index >= 15 is 0 Å². The van der Waals surface area contributed by atoms with Crippen molar-refractivity contribution in [1.29, 1.82) is 0 Å². The standard InChI is InChI=1S/C16H17BrN4O3/c1-10-8-12(2-3-13(10)17)21-9-14(18-19-21)15(22)20-6-4-11(5-7-20)16(23)24/h2-3,8-9,11H,4-7H2,1H3,(H,23,24). The van der Waals surface area contributed by atoms with Gasteiger partial charge in [-0.05, 0) is 43.5 Å². The van der Waals surface area contributed by atoms with E-state index in [4.69, 9.17) is 5.11 Å². The molecule has 24 heavy (non-hydrogen) atoms. The number of nitrogens with zero attached hydrogens (tertiary/aromatic N) is 4. The Morgan fingerprint density at radius 3 is 2.62 bits per heavy atom. The number of likely N-dealkylation sites (tertiary alicyclic amines) is 1. The highest BCUT2D eigenvalue weighted by molar-refractivity contribution is 9.10. The number of piperidine rings is 1. The molecule has 8 heteroatoms. The molecule has 2 heterocycles. The van der Waals surface area contributed by atoms with Crippen molar-refractivity contribution >= 4 is 27.8 Å². The zero-order chi connectivity index (χ0) is 17.3. The molecule has 1 N–H and O–H groups in total. The molecule has 0 unspecified atom stereocenters. The molecule has 0 aliphatic carbocycles. The summed E-state index contributed by atoms with van der Waals surface area (Å²) < 4.78 is 2.57. The highest BCUT2D eigenvalue weighted by Gasteiger charge is 2.28. The second-order valence-corrected chi connectivity index (χ2v) is 6.74. The summed E-state index contributed by atoms with van der Waals surface area (Å²) in [6.45, 7) is 2.84. The maximum absolute atomic E-state index is 12.5. The number of carbonyl (C=O) groups is 2. The number of hydrogen-bond donors (Lipinski definition) is 1.